The van der Waals surface area contributed by atoms with Crippen molar-refractivity contribution in [3.63, 3.8) is 0 Å². The Kier molecular flexibility index (Phi) is 3.74. The third-order valence-corrected chi connectivity index (χ3v) is 1.86. The van der Waals surface area contributed by atoms with Crippen molar-refractivity contribution >= 4 is 0 Å². The first-order valence-electron chi connectivity index (χ1n) is 4.45. The molecule has 0 atom stereocenters. The SMILES string of the molecule is CCCCC=CC1C=CC=C1. The number of hydrogen-bond acceptors (Lipinski definition) is 0. The summed E-state index contributed by atoms with van der Waals surface area (Å²) in [6, 6.07) is 0. The van der Waals surface area contributed by atoms with E-state index in [1.54, 1.807) is 0 Å². The summed E-state index contributed by atoms with van der Waals surface area (Å²) in [5.41, 5.74) is 0. The van der Waals surface area contributed by atoms with E-state index < -0.39 is 0 Å². The summed E-state index contributed by atoms with van der Waals surface area (Å²) in [5.74, 6) is 0.576. The lowest BCUT2D eigenvalue weighted by Crippen LogP contribution is -1.80. The Labute approximate surface area is 69.3 Å². The fourth-order valence-corrected chi connectivity index (χ4v) is 1.15. The van der Waals surface area contributed by atoms with E-state index in [1.165, 1.54) is 19.3 Å². The molecule has 1 aliphatic carbocycles. The molecule has 0 fully saturated rings. The van der Waals surface area contributed by atoms with Crippen molar-refractivity contribution in [3.05, 3.63) is 36.5 Å². The molecule has 1 rings (SSSR count). The third kappa shape index (κ3) is 3.22. The van der Waals surface area contributed by atoms with Gasteiger partial charge in [-0.1, -0.05) is 56.2 Å². The summed E-state index contributed by atoms with van der Waals surface area (Å²) in [6.07, 6.45) is 17.0. The molecule has 0 spiro atoms. The average Bonchev–Trinajstić information content (AvgIpc) is 2.50. The fourth-order valence-electron chi connectivity index (χ4n) is 1.15. The first-order valence-corrected chi connectivity index (χ1v) is 4.45. The van der Waals surface area contributed by atoms with Gasteiger partial charge in [-0.25, -0.2) is 0 Å². The van der Waals surface area contributed by atoms with Gasteiger partial charge in [-0.2, -0.15) is 0 Å². The third-order valence-electron chi connectivity index (χ3n) is 1.86. The van der Waals surface area contributed by atoms with Gasteiger partial charge < -0.3 is 0 Å². The van der Waals surface area contributed by atoms with Crippen LogP contribution in [0.3, 0.4) is 0 Å². The summed E-state index contributed by atoms with van der Waals surface area (Å²) in [5, 5.41) is 0. The Bertz CT molecular complexity index is 160. The van der Waals surface area contributed by atoms with E-state index in [2.05, 4.69) is 43.4 Å². The zero-order valence-corrected chi connectivity index (χ0v) is 7.16. The molecule has 0 saturated heterocycles. The van der Waals surface area contributed by atoms with E-state index in [0.29, 0.717) is 5.92 Å². The van der Waals surface area contributed by atoms with Crippen molar-refractivity contribution in [1.82, 2.24) is 0 Å². The van der Waals surface area contributed by atoms with E-state index >= 15 is 0 Å². The predicted molar refractivity (Wildman–Crippen MR) is 50.4 cm³/mol. The molecule has 0 amide bonds. The largest absolute Gasteiger partial charge is 0.0876 e. The van der Waals surface area contributed by atoms with Gasteiger partial charge in [-0.15, -0.1) is 0 Å². The molecule has 0 radical (unpaired) electrons. The maximum Gasteiger partial charge on any atom is 0.0133 e. The van der Waals surface area contributed by atoms with Crippen molar-refractivity contribution in [2.24, 2.45) is 5.92 Å². The van der Waals surface area contributed by atoms with Crippen LogP contribution in [0.25, 0.3) is 0 Å². The Morgan fingerprint density at radius 2 is 2.00 bits per heavy atom. The van der Waals surface area contributed by atoms with Gasteiger partial charge in [0.05, 0.1) is 0 Å². The van der Waals surface area contributed by atoms with E-state index in [9.17, 15) is 0 Å². The van der Waals surface area contributed by atoms with Crippen LogP contribution < -0.4 is 0 Å². The number of rotatable bonds is 4. The standard InChI is InChI=1S/C11H16/c1-2-3-4-5-8-11-9-6-7-10-11/h5-11H,2-4H2,1H3. The van der Waals surface area contributed by atoms with Crippen LogP contribution in [-0.2, 0) is 0 Å². The van der Waals surface area contributed by atoms with Gasteiger partial charge in [0.1, 0.15) is 0 Å². The fraction of sp³-hybridized carbons (Fsp3) is 0.455. The quantitative estimate of drug-likeness (QED) is 0.423. The second-order valence-corrected chi connectivity index (χ2v) is 2.92. The minimum absolute atomic E-state index is 0.576. The van der Waals surface area contributed by atoms with Crippen molar-refractivity contribution < 1.29 is 0 Å². The summed E-state index contributed by atoms with van der Waals surface area (Å²) in [4.78, 5) is 0. The van der Waals surface area contributed by atoms with Crippen LogP contribution in [0, 0.1) is 5.92 Å². The van der Waals surface area contributed by atoms with Crippen LogP contribution in [0.4, 0.5) is 0 Å². The Hall–Kier alpha value is -0.780. The predicted octanol–water partition coefficient (Wildman–Crippen LogP) is 3.48. The molecule has 60 valence electrons. The minimum Gasteiger partial charge on any atom is -0.0876 e. The highest BCUT2D eigenvalue weighted by molar-refractivity contribution is 5.22. The molecular formula is C11H16. The first kappa shape index (κ1) is 8.32. The van der Waals surface area contributed by atoms with Gasteiger partial charge in [0.15, 0.2) is 0 Å². The van der Waals surface area contributed by atoms with Crippen LogP contribution >= 0.6 is 0 Å². The molecule has 0 aromatic rings. The zero-order chi connectivity index (χ0) is 7.94. The molecule has 1 aliphatic rings. The summed E-state index contributed by atoms with van der Waals surface area (Å²) in [6.45, 7) is 2.23. The second kappa shape index (κ2) is 4.95. The Morgan fingerprint density at radius 3 is 2.64 bits per heavy atom. The van der Waals surface area contributed by atoms with Crippen LogP contribution in [-0.4, -0.2) is 0 Å². The van der Waals surface area contributed by atoms with Crippen LogP contribution in [0.15, 0.2) is 36.5 Å². The molecule has 0 heteroatoms. The Morgan fingerprint density at radius 1 is 1.27 bits per heavy atom. The first-order chi connectivity index (χ1) is 5.43. The normalized spacial score (nSPS) is 17.2. The lowest BCUT2D eigenvalue weighted by atomic mass is 10.1. The molecule has 0 heterocycles. The molecule has 0 N–H and O–H groups in total. The van der Waals surface area contributed by atoms with E-state index in [1.807, 2.05) is 0 Å². The van der Waals surface area contributed by atoms with Crippen molar-refractivity contribution in [3.8, 4) is 0 Å². The molecule has 0 aliphatic heterocycles. The lowest BCUT2D eigenvalue weighted by molar-refractivity contribution is 0.811. The van der Waals surface area contributed by atoms with E-state index in [0.717, 1.165) is 0 Å². The molecule has 0 aromatic carbocycles. The summed E-state index contributed by atoms with van der Waals surface area (Å²) >= 11 is 0. The molecule has 0 aromatic heterocycles. The maximum absolute atomic E-state index is 2.29. The van der Waals surface area contributed by atoms with Gasteiger partial charge in [-0.3, -0.25) is 0 Å². The summed E-state index contributed by atoms with van der Waals surface area (Å²) in [7, 11) is 0. The second-order valence-electron chi connectivity index (χ2n) is 2.92. The number of unbranched alkanes of at least 4 members (excludes halogenated alkanes) is 2. The summed E-state index contributed by atoms with van der Waals surface area (Å²) < 4.78 is 0. The number of hydrogen-bond donors (Lipinski definition) is 0. The van der Waals surface area contributed by atoms with Gasteiger partial charge in [0.25, 0.3) is 0 Å². The maximum atomic E-state index is 2.29. The molecule has 0 bridgehead atoms. The highest BCUT2D eigenvalue weighted by Crippen LogP contribution is 2.10. The molecular weight excluding hydrogens is 132 g/mol. The average molecular weight is 148 g/mol. The lowest BCUT2D eigenvalue weighted by Gasteiger charge is -1.94. The van der Waals surface area contributed by atoms with Crippen LogP contribution in [0.1, 0.15) is 26.2 Å². The minimum atomic E-state index is 0.576. The van der Waals surface area contributed by atoms with Gasteiger partial charge in [0.2, 0.25) is 0 Å². The monoisotopic (exact) mass is 148 g/mol. The van der Waals surface area contributed by atoms with E-state index in [4.69, 9.17) is 0 Å². The van der Waals surface area contributed by atoms with Crippen molar-refractivity contribution in [2.45, 2.75) is 26.2 Å². The van der Waals surface area contributed by atoms with Crippen LogP contribution in [0.2, 0.25) is 0 Å². The highest BCUT2D eigenvalue weighted by Gasteiger charge is 1.95. The van der Waals surface area contributed by atoms with E-state index in [-0.39, 0.29) is 0 Å². The van der Waals surface area contributed by atoms with Crippen LogP contribution in [0.5, 0.6) is 0 Å². The molecule has 0 saturated carbocycles. The molecule has 0 nitrogen and oxygen atoms in total. The van der Waals surface area contributed by atoms with Gasteiger partial charge >= 0.3 is 0 Å². The van der Waals surface area contributed by atoms with Gasteiger partial charge in [-0.05, 0) is 6.42 Å². The Balaban J connectivity index is 2.14. The zero-order valence-electron chi connectivity index (χ0n) is 7.16. The van der Waals surface area contributed by atoms with Gasteiger partial charge in [0, 0.05) is 5.92 Å². The molecule has 0 unspecified atom stereocenters. The van der Waals surface area contributed by atoms with Crippen molar-refractivity contribution in [1.29, 1.82) is 0 Å². The van der Waals surface area contributed by atoms with Crippen molar-refractivity contribution in [2.75, 3.05) is 0 Å². The molecule has 11 heavy (non-hydrogen) atoms. The number of allylic oxidation sites excluding steroid dienone is 6. The smallest absolute Gasteiger partial charge is 0.0133 e. The topological polar surface area (TPSA) is 0 Å². The highest BCUT2D eigenvalue weighted by atomic mass is 14.0.